The van der Waals surface area contributed by atoms with Crippen LogP contribution in [0.5, 0.6) is 0 Å². The van der Waals surface area contributed by atoms with Gasteiger partial charge in [-0.3, -0.25) is 14.6 Å². The molecule has 0 aliphatic carbocycles. The minimum atomic E-state index is -0.550. The number of carbonyl (C=O) groups excluding carboxylic acids is 3. The van der Waals surface area contributed by atoms with Crippen LogP contribution in [0.3, 0.4) is 0 Å². The van der Waals surface area contributed by atoms with Crippen LogP contribution in [-0.2, 0) is 14.3 Å². The quantitative estimate of drug-likeness (QED) is 0.542. The molecule has 0 bridgehead atoms. The Morgan fingerprint density at radius 1 is 1.31 bits per heavy atom. The summed E-state index contributed by atoms with van der Waals surface area (Å²) in [7, 11) is 1.65. The Kier molecular flexibility index (Phi) is 8.60. The van der Waals surface area contributed by atoms with E-state index >= 15 is 0 Å². The van der Waals surface area contributed by atoms with E-state index in [4.69, 9.17) is 4.74 Å². The first-order valence-electron chi connectivity index (χ1n) is 9.78. The van der Waals surface area contributed by atoms with Crippen molar-refractivity contribution in [3.8, 4) is 0 Å². The van der Waals surface area contributed by atoms with E-state index in [1.54, 1.807) is 24.9 Å². The molecule has 8 heteroatoms. The number of hydrogen-bond donors (Lipinski definition) is 1. The molecule has 1 aliphatic rings. The maximum absolute atomic E-state index is 12.3. The Hall–Kier alpha value is -2.64. The second-order valence-electron chi connectivity index (χ2n) is 8.46. The van der Waals surface area contributed by atoms with Crippen LogP contribution >= 0.6 is 0 Å². The number of nitrogens with one attached hydrogen (secondary N) is 1. The van der Waals surface area contributed by atoms with Crippen LogP contribution < -0.4 is 5.32 Å². The number of hydrogen-bond acceptors (Lipinski definition) is 5. The lowest BCUT2D eigenvalue weighted by molar-refractivity contribution is -0.131. The summed E-state index contributed by atoms with van der Waals surface area (Å²) in [5.41, 5.74) is 0.221. The van der Waals surface area contributed by atoms with Gasteiger partial charge in [0.1, 0.15) is 11.3 Å². The Morgan fingerprint density at radius 2 is 1.93 bits per heavy atom. The molecule has 1 heterocycles. The smallest absolute Gasteiger partial charge is 0.410 e. The largest absolute Gasteiger partial charge is 0.444 e. The van der Waals surface area contributed by atoms with Crippen LogP contribution in [-0.4, -0.2) is 65.2 Å². The van der Waals surface area contributed by atoms with Crippen LogP contribution in [0, 0.1) is 5.92 Å². The van der Waals surface area contributed by atoms with Crippen LogP contribution in [0.1, 0.15) is 48.0 Å². The van der Waals surface area contributed by atoms with Gasteiger partial charge in [-0.25, -0.2) is 4.79 Å². The van der Waals surface area contributed by atoms with Gasteiger partial charge in [-0.05, 0) is 40.2 Å². The topological polar surface area (TPSA) is 91.3 Å². The summed E-state index contributed by atoms with van der Waals surface area (Å²) in [5, 5.41) is 2.88. The van der Waals surface area contributed by atoms with E-state index in [0.29, 0.717) is 25.2 Å². The summed E-state index contributed by atoms with van der Waals surface area (Å²) < 4.78 is 5.35. The number of amides is 3. The normalized spacial score (nSPS) is 17.6. The van der Waals surface area contributed by atoms with E-state index in [-0.39, 0.29) is 35.6 Å². The minimum absolute atomic E-state index is 0.0473. The molecule has 0 aromatic carbocycles. The Bertz CT molecular complexity index is 704. The lowest BCUT2D eigenvalue weighted by Gasteiger charge is -2.24. The van der Waals surface area contributed by atoms with Crippen molar-refractivity contribution in [2.75, 3.05) is 20.1 Å². The third-order valence-corrected chi connectivity index (χ3v) is 4.29. The minimum Gasteiger partial charge on any atom is -0.444 e. The maximum Gasteiger partial charge on any atom is 0.410 e. The molecule has 0 radical (unpaired) electrons. The molecule has 1 N–H and O–H groups in total. The van der Waals surface area contributed by atoms with Gasteiger partial charge in [0.25, 0.3) is 5.91 Å². The van der Waals surface area contributed by atoms with Gasteiger partial charge < -0.3 is 19.9 Å². The number of likely N-dealkylation sites (N-methyl/N-ethyl adjacent to an activating group) is 1. The highest BCUT2D eigenvalue weighted by Gasteiger charge is 2.30. The fourth-order valence-electron chi connectivity index (χ4n) is 2.59. The Morgan fingerprint density at radius 3 is 2.48 bits per heavy atom. The highest BCUT2D eigenvalue weighted by atomic mass is 16.6. The van der Waals surface area contributed by atoms with Crippen LogP contribution in [0.15, 0.2) is 29.5 Å². The molecule has 1 atom stereocenters. The van der Waals surface area contributed by atoms with Crippen LogP contribution in [0.4, 0.5) is 4.79 Å². The fraction of sp³-hybridized carbons (Fsp3) is 0.619. The van der Waals surface area contributed by atoms with E-state index in [9.17, 15) is 14.4 Å². The van der Waals surface area contributed by atoms with Gasteiger partial charge >= 0.3 is 6.09 Å². The Balaban J connectivity index is 2.55. The van der Waals surface area contributed by atoms with Crippen molar-refractivity contribution in [3.63, 3.8) is 0 Å². The van der Waals surface area contributed by atoms with E-state index in [1.807, 2.05) is 34.6 Å². The Labute approximate surface area is 173 Å². The molecule has 0 aromatic rings. The predicted octanol–water partition coefficient (Wildman–Crippen LogP) is 2.71. The van der Waals surface area contributed by atoms with Crippen molar-refractivity contribution < 1.29 is 19.1 Å². The molecule has 3 amide bonds. The second kappa shape index (κ2) is 10.2. The summed E-state index contributed by atoms with van der Waals surface area (Å²) in [6.45, 7) is 15.5. The second-order valence-corrected chi connectivity index (χ2v) is 8.46. The van der Waals surface area contributed by atoms with E-state index in [2.05, 4.69) is 16.9 Å². The van der Waals surface area contributed by atoms with E-state index in [1.165, 1.54) is 11.1 Å². The number of likely N-dealkylation sites (tertiary alicyclic amines) is 1. The van der Waals surface area contributed by atoms with Crippen molar-refractivity contribution in [1.82, 2.24) is 15.1 Å². The summed E-state index contributed by atoms with van der Waals surface area (Å²) >= 11 is 0. The molecule has 0 unspecified atom stereocenters. The molecule has 0 aromatic heterocycles. The van der Waals surface area contributed by atoms with Gasteiger partial charge in [0.2, 0.25) is 5.91 Å². The van der Waals surface area contributed by atoms with Gasteiger partial charge in [-0.2, -0.15) is 0 Å². The molecule has 1 rings (SSSR count). The fourth-order valence-corrected chi connectivity index (χ4v) is 2.59. The summed E-state index contributed by atoms with van der Waals surface area (Å²) in [5.74, 6) is -0.482. The third kappa shape index (κ3) is 8.09. The maximum atomic E-state index is 12.3. The highest BCUT2D eigenvalue weighted by molar-refractivity contribution is 6.38. The molecule has 8 nitrogen and oxygen atoms in total. The first-order chi connectivity index (χ1) is 13.3. The number of allylic oxidation sites excluding steroid dienone is 1. The molecule has 1 saturated heterocycles. The number of nitrogens with zero attached hydrogens (tertiary/aromatic N) is 3. The number of carbonyl (C=O) groups is 3. The molecular weight excluding hydrogens is 372 g/mol. The zero-order valence-corrected chi connectivity index (χ0v) is 18.6. The van der Waals surface area contributed by atoms with E-state index in [0.717, 1.165) is 0 Å². The number of rotatable bonds is 6. The number of ether oxygens (including phenoxy) is 1. The van der Waals surface area contributed by atoms with Crippen molar-refractivity contribution >= 4 is 23.6 Å². The van der Waals surface area contributed by atoms with Crippen LogP contribution in [0.2, 0.25) is 0 Å². The molecule has 162 valence electrons. The van der Waals surface area contributed by atoms with Gasteiger partial charge in [0.05, 0.1) is 0 Å². The molecule has 1 fully saturated rings. The van der Waals surface area contributed by atoms with Crippen molar-refractivity contribution in [3.05, 3.63) is 24.6 Å². The van der Waals surface area contributed by atoms with Crippen molar-refractivity contribution in [1.29, 1.82) is 0 Å². The molecule has 0 saturated carbocycles. The lowest BCUT2D eigenvalue weighted by atomic mass is 10.2. The van der Waals surface area contributed by atoms with E-state index < -0.39 is 5.60 Å². The average Bonchev–Trinajstić information content (AvgIpc) is 3.07. The monoisotopic (exact) mass is 406 g/mol. The standard InChI is InChI=1S/C21H34N4O4/c1-14(2)19(27)24(8)15(3)9-11-22-16(4)18(26)23-17-10-12-25(13-17)20(28)29-21(5,6)7/h9,11,14,17H,3,10,12-13H2,1-2,4-8H3,(H,23,26)/b11-9-,22-16+/t17-/m1/s1. The first kappa shape index (κ1) is 24.4. The summed E-state index contributed by atoms with van der Waals surface area (Å²) in [6.07, 6.45) is 3.31. The zero-order chi connectivity index (χ0) is 22.4. The molecule has 0 spiro atoms. The predicted molar refractivity (Wildman–Crippen MR) is 113 cm³/mol. The first-order valence-corrected chi connectivity index (χ1v) is 9.78. The molecular formula is C21H34N4O4. The average molecular weight is 407 g/mol. The molecule has 1 aliphatic heterocycles. The van der Waals surface area contributed by atoms with Gasteiger partial charge in [-0.1, -0.05) is 20.4 Å². The lowest BCUT2D eigenvalue weighted by Crippen LogP contribution is -2.42. The van der Waals surface area contributed by atoms with Gasteiger partial charge in [0, 0.05) is 44.0 Å². The van der Waals surface area contributed by atoms with Gasteiger partial charge in [0.15, 0.2) is 0 Å². The molecule has 29 heavy (non-hydrogen) atoms. The SMILES string of the molecule is C=C(/C=C\N=C(/C)C(=O)N[C@@H]1CCN(C(=O)OC(C)(C)C)C1)N(C)C(=O)C(C)C. The van der Waals surface area contributed by atoms with Gasteiger partial charge in [-0.15, -0.1) is 0 Å². The highest BCUT2D eigenvalue weighted by Crippen LogP contribution is 2.15. The zero-order valence-electron chi connectivity index (χ0n) is 18.6. The summed E-state index contributed by atoms with van der Waals surface area (Å²) in [4.78, 5) is 43.5. The summed E-state index contributed by atoms with van der Waals surface area (Å²) in [6, 6.07) is -0.145. The third-order valence-electron chi connectivity index (χ3n) is 4.29. The van der Waals surface area contributed by atoms with Crippen molar-refractivity contribution in [2.45, 2.75) is 59.6 Å². The number of aliphatic imine (C=N–C) groups is 1. The van der Waals surface area contributed by atoms with Crippen LogP contribution in [0.25, 0.3) is 0 Å². The van der Waals surface area contributed by atoms with Crippen molar-refractivity contribution in [2.24, 2.45) is 10.9 Å².